The first-order valence-electron chi connectivity index (χ1n) is 14.0. The molecule has 1 saturated carbocycles. The first-order valence-corrected chi connectivity index (χ1v) is 14.0. The topological polar surface area (TPSA) is 103 Å². The molecule has 8 nitrogen and oxygen atoms in total. The Balaban J connectivity index is 1.28. The van der Waals surface area contributed by atoms with Gasteiger partial charge < -0.3 is 14.0 Å². The zero-order valence-corrected chi connectivity index (χ0v) is 24.0. The van der Waals surface area contributed by atoms with Crippen LogP contribution < -0.4 is 4.74 Å². The molecule has 1 fully saturated rings. The molecule has 0 N–H and O–H groups in total. The lowest BCUT2D eigenvalue weighted by Crippen LogP contribution is -2.17. The number of hydrogen-bond donors (Lipinski definition) is 0. The highest BCUT2D eigenvalue weighted by Gasteiger charge is 2.44. The third-order valence-corrected chi connectivity index (χ3v) is 7.84. The van der Waals surface area contributed by atoms with Gasteiger partial charge in [0.25, 0.3) is 0 Å². The van der Waals surface area contributed by atoms with Gasteiger partial charge in [0.05, 0.1) is 31.1 Å². The number of halogens is 4. The molecule has 0 aliphatic heterocycles. The summed E-state index contributed by atoms with van der Waals surface area (Å²) in [6.07, 6.45) is 1.20. The van der Waals surface area contributed by atoms with E-state index >= 15 is 8.78 Å². The molecule has 228 valence electrons. The van der Waals surface area contributed by atoms with E-state index in [1.807, 2.05) is 6.07 Å². The molecule has 2 aromatic carbocycles. The summed E-state index contributed by atoms with van der Waals surface area (Å²) in [7, 11) is 1.23. The van der Waals surface area contributed by atoms with Crippen LogP contribution in [0.4, 0.5) is 17.6 Å². The maximum absolute atomic E-state index is 15.5. The maximum Gasteiger partial charge on any atom is 0.356 e. The number of benzene rings is 2. The number of nitrogens with zero attached hydrogens (tertiary/aromatic N) is 5. The molecule has 0 atom stereocenters. The van der Waals surface area contributed by atoms with E-state index in [2.05, 4.69) is 15.0 Å². The smallest absolute Gasteiger partial charge is 0.356 e. The van der Waals surface area contributed by atoms with Crippen LogP contribution in [0, 0.1) is 34.2 Å². The van der Waals surface area contributed by atoms with Crippen molar-refractivity contribution in [2.75, 3.05) is 13.8 Å². The van der Waals surface area contributed by atoms with E-state index in [9.17, 15) is 13.6 Å². The SMILES string of the molecule is COC(=O)c1ccc2nc(Cc3cc(F)c(-c4cccc(OCc5ccc(C#N)cc5F)n4)cc3F)n(CC3(CF)CC3)c2n1. The Morgan fingerprint density at radius 1 is 0.978 bits per heavy atom. The van der Waals surface area contributed by atoms with Gasteiger partial charge in [-0.15, -0.1) is 0 Å². The number of fused-ring (bicyclic) bond motifs is 1. The van der Waals surface area contributed by atoms with Crippen LogP contribution in [0.1, 0.15) is 45.8 Å². The molecule has 12 heteroatoms. The molecule has 0 spiro atoms. The van der Waals surface area contributed by atoms with Gasteiger partial charge in [-0.05, 0) is 60.9 Å². The molecule has 0 bridgehead atoms. The van der Waals surface area contributed by atoms with Gasteiger partial charge in [0.1, 0.15) is 35.4 Å². The van der Waals surface area contributed by atoms with E-state index in [0.29, 0.717) is 29.8 Å². The summed E-state index contributed by atoms with van der Waals surface area (Å²) in [4.78, 5) is 25.3. The largest absolute Gasteiger partial charge is 0.473 e. The number of ether oxygens (including phenoxy) is 2. The number of hydrogen-bond acceptors (Lipinski definition) is 7. The predicted molar refractivity (Wildman–Crippen MR) is 154 cm³/mol. The quantitative estimate of drug-likeness (QED) is 0.131. The van der Waals surface area contributed by atoms with Crippen LogP contribution in [0.15, 0.2) is 60.7 Å². The Bertz CT molecular complexity index is 1980. The molecule has 3 aromatic heterocycles. The second-order valence-electron chi connectivity index (χ2n) is 10.9. The Labute approximate surface area is 254 Å². The lowest BCUT2D eigenvalue weighted by atomic mass is 10.0. The minimum absolute atomic E-state index is 0.00906. The Kier molecular flexibility index (Phi) is 7.93. The van der Waals surface area contributed by atoms with Gasteiger partial charge in [0, 0.05) is 35.6 Å². The molecule has 3 heterocycles. The predicted octanol–water partition coefficient (Wildman–Crippen LogP) is 6.49. The van der Waals surface area contributed by atoms with E-state index in [4.69, 9.17) is 14.7 Å². The lowest BCUT2D eigenvalue weighted by Gasteiger charge is -2.15. The van der Waals surface area contributed by atoms with Crippen molar-refractivity contribution in [3.8, 4) is 23.2 Å². The van der Waals surface area contributed by atoms with Gasteiger partial charge in [0.2, 0.25) is 5.88 Å². The number of alkyl halides is 1. The summed E-state index contributed by atoms with van der Waals surface area (Å²) in [6, 6.07) is 15.5. The summed E-state index contributed by atoms with van der Waals surface area (Å²) in [5.74, 6) is -2.31. The molecule has 1 aliphatic rings. The number of imidazole rings is 1. The molecule has 0 unspecified atom stereocenters. The molecule has 0 saturated heterocycles. The number of nitriles is 1. The fourth-order valence-corrected chi connectivity index (χ4v) is 5.04. The van der Waals surface area contributed by atoms with E-state index < -0.39 is 35.5 Å². The van der Waals surface area contributed by atoms with Gasteiger partial charge in [-0.3, -0.25) is 4.39 Å². The highest BCUT2D eigenvalue weighted by Crippen LogP contribution is 2.48. The van der Waals surface area contributed by atoms with E-state index in [1.165, 1.54) is 37.4 Å². The van der Waals surface area contributed by atoms with Gasteiger partial charge >= 0.3 is 5.97 Å². The summed E-state index contributed by atoms with van der Waals surface area (Å²) < 4.78 is 71.2. The van der Waals surface area contributed by atoms with Crippen molar-refractivity contribution in [3.05, 3.63) is 106 Å². The van der Waals surface area contributed by atoms with E-state index in [-0.39, 0.29) is 59.1 Å². The monoisotopic (exact) mass is 615 g/mol. The van der Waals surface area contributed by atoms with Crippen LogP contribution in [0.2, 0.25) is 0 Å². The van der Waals surface area contributed by atoms with E-state index in [1.54, 1.807) is 16.7 Å². The minimum atomic E-state index is -0.745. The second-order valence-corrected chi connectivity index (χ2v) is 10.9. The Hall–Kier alpha value is -5.31. The molecule has 1 aliphatic carbocycles. The molecule has 0 radical (unpaired) electrons. The van der Waals surface area contributed by atoms with Crippen molar-refractivity contribution < 1.29 is 31.8 Å². The average Bonchev–Trinajstić information content (AvgIpc) is 3.76. The third kappa shape index (κ3) is 6.06. The highest BCUT2D eigenvalue weighted by molar-refractivity contribution is 5.89. The molecular weight excluding hydrogens is 590 g/mol. The Morgan fingerprint density at radius 2 is 1.78 bits per heavy atom. The zero-order valence-electron chi connectivity index (χ0n) is 24.0. The number of rotatable bonds is 10. The molecule has 45 heavy (non-hydrogen) atoms. The van der Waals surface area contributed by atoms with Crippen molar-refractivity contribution in [3.63, 3.8) is 0 Å². The van der Waals surface area contributed by atoms with Crippen LogP contribution >= 0.6 is 0 Å². The van der Waals surface area contributed by atoms with Crippen LogP contribution in [0.3, 0.4) is 0 Å². The van der Waals surface area contributed by atoms with Gasteiger partial charge in [-0.25, -0.2) is 32.9 Å². The molecule has 0 amide bonds. The second kappa shape index (κ2) is 12.0. The van der Waals surface area contributed by atoms with Crippen LogP contribution in [-0.4, -0.2) is 39.3 Å². The first-order chi connectivity index (χ1) is 21.7. The fourth-order valence-electron chi connectivity index (χ4n) is 5.04. The summed E-state index contributed by atoms with van der Waals surface area (Å²) in [5, 5.41) is 8.91. The summed E-state index contributed by atoms with van der Waals surface area (Å²) in [5.41, 5.74) is 0.567. The fraction of sp³-hybridized carbons (Fsp3) is 0.242. The number of carbonyl (C=O) groups is 1. The number of pyridine rings is 2. The van der Waals surface area contributed by atoms with Crippen molar-refractivity contribution in [2.24, 2.45) is 5.41 Å². The summed E-state index contributed by atoms with van der Waals surface area (Å²) >= 11 is 0. The van der Waals surface area contributed by atoms with Crippen LogP contribution in [0.25, 0.3) is 22.4 Å². The lowest BCUT2D eigenvalue weighted by molar-refractivity contribution is 0.0594. The van der Waals surface area contributed by atoms with Gasteiger partial charge in [0.15, 0.2) is 11.3 Å². The zero-order chi connectivity index (χ0) is 31.7. The molecule has 6 rings (SSSR count). The third-order valence-electron chi connectivity index (χ3n) is 7.84. The molecular formula is C33H25F4N5O3. The number of methoxy groups -OCH3 is 1. The maximum atomic E-state index is 15.5. The minimum Gasteiger partial charge on any atom is -0.473 e. The van der Waals surface area contributed by atoms with Crippen molar-refractivity contribution >= 4 is 17.1 Å². The van der Waals surface area contributed by atoms with Crippen LogP contribution in [-0.2, 0) is 24.3 Å². The first kappa shape index (κ1) is 29.7. The average molecular weight is 616 g/mol. The number of carbonyl (C=O) groups excluding carboxylic acids is 1. The Morgan fingerprint density at radius 3 is 2.49 bits per heavy atom. The normalized spacial score (nSPS) is 13.4. The summed E-state index contributed by atoms with van der Waals surface area (Å²) in [6.45, 7) is -0.526. The van der Waals surface area contributed by atoms with E-state index in [0.717, 1.165) is 18.2 Å². The van der Waals surface area contributed by atoms with Gasteiger partial charge in [-0.2, -0.15) is 5.26 Å². The number of esters is 1. The van der Waals surface area contributed by atoms with Crippen LogP contribution in [0.5, 0.6) is 5.88 Å². The van der Waals surface area contributed by atoms with Crippen molar-refractivity contribution in [2.45, 2.75) is 32.4 Å². The number of aromatic nitrogens is 4. The molecule has 5 aromatic rings. The standard InChI is InChI=1S/C33H25F4N5O3/c1-44-32(43)28-8-7-27-31(41-28)42(18-33(17-34)9-10-33)29(39-27)13-21-12-25(37)22(14-24(21)36)26-3-2-4-30(40-26)45-16-20-6-5-19(15-38)11-23(20)35/h2-8,11-12,14H,9-10,13,16-18H2,1H3. The van der Waals surface area contributed by atoms with Crippen molar-refractivity contribution in [1.29, 1.82) is 5.26 Å². The highest BCUT2D eigenvalue weighted by atomic mass is 19.1. The van der Waals surface area contributed by atoms with Crippen molar-refractivity contribution in [1.82, 2.24) is 19.5 Å². The van der Waals surface area contributed by atoms with Gasteiger partial charge in [-0.1, -0.05) is 12.1 Å².